The highest BCUT2D eigenvalue weighted by molar-refractivity contribution is 5.97. The van der Waals surface area contributed by atoms with Gasteiger partial charge in [0.05, 0.1) is 16.6 Å². The Balaban J connectivity index is 1.89. The van der Waals surface area contributed by atoms with E-state index < -0.39 is 0 Å². The Morgan fingerprint density at radius 1 is 1.23 bits per heavy atom. The molecule has 2 heterocycles. The van der Waals surface area contributed by atoms with Crippen molar-refractivity contribution in [2.75, 3.05) is 27.2 Å². The Bertz CT molecular complexity index is 923. The molecule has 3 rings (SSSR count). The molecule has 0 fully saturated rings. The molecule has 0 atom stereocenters. The first kappa shape index (κ1) is 18.0. The summed E-state index contributed by atoms with van der Waals surface area (Å²) in [6.07, 6.45) is 1.47. The number of aryl methyl sites for hydroxylation is 1. The van der Waals surface area contributed by atoms with Crippen molar-refractivity contribution >= 4 is 17.0 Å². The molecule has 7 heteroatoms. The highest BCUT2D eigenvalue weighted by atomic mass is 19.1. The molecule has 0 N–H and O–H groups in total. The van der Waals surface area contributed by atoms with E-state index in [1.54, 1.807) is 36.1 Å². The Hall–Kier alpha value is -2.80. The van der Waals surface area contributed by atoms with Gasteiger partial charge in [-0.05, 0) is 33.2 Å². The second-order valence-electron chi connectivity index (χ2n) is 6.47. The summed E-state index contributed by atoms with van der Waals surface area (Å²) in [5.41, 5.74) is 1.98. The largest absolute Gasteiger partial charge is 0.336 e. The monoisotopic (exact) mass is 356 g/mol. The Morgan fingerprint density at radius 2 is 2.00 bits per heavy atom. The van der Waals surface area contributed by atoms with Crippen molar-refractivity contribution in [3.63, 3.8) is 0 Å². The Labute approximate surface area is 151 Å². The molecule has 0 bridgehead atoms. The van der Waals surface area contributed by atoms with Crippen LogP contribution >= 0.6 is 0 Å². The zero-order valence-electron chi connectivity index (χ0n) is 15.1. The maximum absolute atomic E-state index is 14.1. The van der Waals surface area contributed by atoms with E-state index in [9.17, 15) is 9.18 Å². The van der Waals surface area contributed by atoms with Crippen LogP contribution < -0.4 is 0 Å². The lowest BCUT2D eigenvalue weighted by atomic mass is 10.1. The number of amides is 1. The molecule has 6 nitrogen and oxygen atoms in total. The summed E-state index contributed by atoms with van der Waals surface area (Å²) in [7, 11) is 3.86. The third-order valence-electron chi connectivity index (χ3n) is 4.18. The van der Waals surface area contributed by atoms with E-state index in [0.717, 1.165) is 0 Å². The second kappa shape index (κ2) is 7.61. The summed E-state index contributed by atoms with van der Waals surface area (Å²) in [6.45, 7) is 3.13. The van der Waals surface area contributed by atoms with Gasteiger partial charge in [0.15, 0.2) is 0 Å². The molecule has 0 aliphatic heterocycles. The highest BCUT2D eigenvalue weighted by Gasteiger charge is 2.19. The number of hydrogen-bond donors (Lipinski definition) is 0. The zero-order chi connectivity index (χ0) is 18.7. The molecule has 1 amide bonds. The molecule has 3 aromatic rings. The van der Waals surface area contributed by atoms with Gasteiger partial charge in [-0.3, -0.25) is 4.79 Å². The fourth-order valence-electron chi connectivity index (χ4n) is 2.65. The Kier molecular flexibility index (Phi) is 5.27. The number of aromatic nitrogens is 2. The van der Waals surface area contributed by atoms with Crippen LogP contribution in [0.15, 0.2) is 41.1 Å². The minimum atomic E-state index is -0.321. The van der Waals surface area contributed by atoms with E-state index in [2.05, 4.69) is 10.1 Å². The number of benzene rings is 1. The normalized spacial score (nSPS) is 11.3. The maximum atomic E-state index is 14.1. The summed E-state index contributed by atoms with van der Waals surface area (Å²) < 4.78 is 19.1. The van der Waals surface area contributed by atoms with Gasteiger partial charge < -0.3 is 14.3 Å². The number of halogens is 1. The first-order valence-electron chi connectivity index (χ1n) is 8.35. The molecule has 0 radical (unpaired) electrons. The Morgan fingerprint density at radius 3 is 2.73 bits per heavy atom. The van der Waals surface area contributed by atoms with Crippen molar-refractivity contribution in [2.45, 2.75) is 13.5 Å². The highest BCUT2D eigenvalue weighted by Crippen LogP contribution is 2.19. The van der Waals surface area contributed by atoms with Crippen molar-refractivity contribution in [2.24, 2.45) is 0 Å². The molecule has 136 valence electrons. The lowest BCUT2D eigenvalue weighted by Gasteiger charge is -2.24. The molecule has 0 aliphatic rings. The van der Waals surface area contributed by atoms with Crippen LogP contribution in [0.2, 0.25) is 0 Å². The summed E-state index contributed by atoms with van der Waals surface area (Å²) in [6, 6.07) is 8.22. The van der Waals surface area contributed by atoms with Crippen molar-refractivity contribution < 1.29 is 13.7 Å². The SMILES string of the molecule is Cc1noc2ncc(C(=O)N(CCN(C)C)Cc3ccccc3F)cc12. The topological polar surface area (TPSA) is 62.5 Å². The van der Waals surface area contributed by atoms with Crippen LogP contribution in [0.4, 0.5) is 4.39 Å². The van der Waals surface area contributed by atoms with Gasteiger partial charge in [0.1, 0.15) is 5.82 Å². The van der Waals surface area contributed by atoms with Crippen molar-refractivity contribution in [3.8, 4) is 0 Å². The van der Waals surface area contributed by atoms with Crippen molar-refractivity contribution in [1.82, 2.24) is 19.9 Å². The lowest BCUT2D eigenvalue weighted by molar-refractivity contribution is 0.0730. The van der Waals surface area contributed by atoms with Crippen LogP contribution in [0.5, 0.6) is 0 Å². The van der Waals surface area contributed by atoms with Gasteiger partial charge >= 0.3 is 0 Å². The van der Waals surface area contributed by atoms with E-state index in [1.165, 1.54) is 12.3 Å². The fraction of sp³-hybridized carbons (Fsp3) is 0.316. The predicted octanol–water partition coefficient (Wildman–Crippen LogP) is 2.87. The first-order chi connectivity index (χ1) is 12.5. The summed E-state index contributed by atoms with van der Waals surface area (Å²) in [4.78, 5) is 20.8. The average Bonchev–Trinajstić information content (AvgIpc) is 3.00. The van der Waals surface area contributed by atoms with E-state index in [1.807, 2.05) is 19.0 Å². The standard InChI is InChI=1S/C19H21FN4O2/c1-13-16-10-15(11-21-18(16)26-22-13)19(25)24(9-8-23(2)3)12-14-6-4-5-7-17(14)20/h4-7,10-11H,8-9,12H2,1-3H3. The van der Waals surface area contributed by atoms with Gasteiger partial charge in [0.25, 0.3) is 11.6 Å². The van der Waals surface area contributed by atoms with Crippen molar-refractivity contribution in [3.05, 3.63) is 59.2 Å². The fourth-order valence-corrected chi connectivity index (χ4v) is 2.65. The summed E-state index contributed by atoms with van der Waals surface area (Å²) in [5, 5.41) is 4.56. The zero-order valence-corrected chi connectivity index (χ0v) is 15.1. The first-order valence-corrected chi connectivity index (χ1v) is 8.35. The number of pyridine rings is 1. The number of carbonyl (C=O) groups is 1. The lowest BCUT2D eigenvalue weighted by Crippen LogP contribution is -2.36. The van der Waals surface area contributed by atoms with E-state index in [4.69, 9.17) is 4.52 Å². The molecule has 0 spiro atoms. The van der Waals surface area contributed by atoms with Gasteiger partial charge in [-0.2, -0.15) is 0 Å². The predicted molar refractivity (Wildman–Crippen MR) is 96.2 cm³/mol. The van der Waals surface area contributed by atoms with E-state index in [-0.39, 0.29) is 18.3 Å². The van der Waals surface area contributed by atoms with E-state index >= 15 is 0 Å². The number of likely N-dealkylation sites (N-methyl/N-ethyl adjacent to an activating group) is 1. The number of carbonyl (C=O) groups excluding carboxylic acids is 1. The molecule has 0 unspecified atom stereocenters. The van der Waals surface area contributed by atoms with Crippen LogP contribution in [0, 0.1) is 12.7 Å². The van der Waals surface area contributed by atoms with Crippen LogP contribution in [0.25, 0.3) is 11.1 Å². The molecular weight excluding hydrogens is 335 g/mol. The number of fused-ring (bicyclic) bond motifs is 1. The quantitative estimate of drug-likeness (QED) is 0.680. The van der Waals surface area contributed by atoms with Crippen LogP contribution in [-0.2, 0) is 6.54 Å². The van der Waals surface area contributed by atoms with Gasteiger partial charge in [-0.1, -0.05) is 23.4 Å². The molecule has 0 saturated carbocycles. The number of rotatable bonds is 6. The van der Waals surface area contributed by atoms with Crippen molar-refractivity contribution in [1.29, 1.82) is 0 Å². The number of nitrogens with zero attached hydrogens (tertiary/aromatic N) is 4. The summed E-state index contributed by atoms with van der Waals surface area (Å²) in [5.74, 6) is -0.524. The van der Waals surface area contributed by atoms with E-state index in [0.29, 0.717) is 41.0 Å². The van der Waals surface area contributed by atoms with Crippen LogP contribution in [0.3, 0.4) is 0 Å². The third kappa shape index (κ3) is 3.88. The second-order valence-corrected chi connectivity index (χ2v) is 6.47. The summed E-state index contributed by atoms with van der Waals surface area (Å²) >= 11 is 0. The van der Waals surface area contributed by atoms with Gasteiger partial charge in [-0.15, -0.1) is 0 Å². The molecule has 0 aliphatic carbocycles. The maximum Gasteiger partial charge on any atom is 0.257 e. The third-order valence-corrected chi connectivity index (χ3v) is 4.18. The minimum absolute atomic E-state index is 0.194. The molecule has 2 aromatic heterocycles. The number of hydrogen-bond acceptors (Lipinski definition) is 5. The molecule has 1 aromatic carbocycles. The average molecular weight is 356 g/mol. The molecular formula is C19H21FN4O2. The molecule has 0 saturated heterocycles. The van der Waals surface area contributed by atoms with Gasteiger partial charge in [0.2, 0.25) is 0 Å². The van der Waals surface area contributed by atoms with Crippen LogP contribution in [0.1, 0.15) is 21.6 Å². The minimum Gasteiger partial charge on any atom is -0.336 e. The van der Waals surface area contributed by atoms with Gasteiger partial charge in [0, 0.05) is 31.4 Å². The molecule has 26 heavy (non-hydrogen) atoms. The van der Waals surface area contributed by atoms with Crippen LogP contribution in [-0.4, -0.2) is 53.0 Å². The smallest absolute Gasteiger partial charge is 0.257 e. The van der Waals surface area contributed by atoms with Gasteiger partial charge in [-0.25, -0.2) is 9.37 Å².